The molecule has 1 aliphatic heterocycles. The number of rotatable bonds is 10. The first-order chi connectivity index (χ1) is 21.1. The number of thioether (sulfide) groups is 1. The predicted molar refractivity (Wildman–Crippen MR) is 141 cm³/mol. The molecule has 244 valence electrons. The molecule has 1 N–H and O–H groups in total. The molecule has 2 heterocycles. The van der Waals surface area contributed by atoms with Crippen LogP contribution in [0.4, 0.5) is 26.3 Å². The summed E-state index contributed by atoms with van der Waals surface area (Å²) in [6, 6.07) is 4.81. The number of benzene rings is 2. The second kappa shape index (κ2) is 14.1. The minimum atomic E-state index is -4.92. The summed E-state index contributed by atoms with van der Waals surface area (Å²) in [5.74, 6) is -6.77. The molecule has 4 unspecified atom stereocenters. The zero-order valence-corrected chi connectivity index (χ0v) is 24.4. The van der Waals surface area contributed by atoms with Crippen LogP contribution in [0, 0.1) is 17.5 Å². The number of aliphatic hydroxyl groups excluding tert-OH is 1. The molecule has 0 amide bonds. The van der Waals surface area contributed by atoms with E-state index in [1.54, 1.807) is 0 Å². The molecule has 11 nitrogen and oxygen atoms in total. The summed E-state index contributed by atoms with van der Waals surface area (Å²) in [5.41, 5.74) is -1.50. The van der Waals surface area contributed by atoms with Gasteiger partial charge in [0.1, 0.15) is 29.0 Å². The average molecular weight is 666 g/mol. The number of alkyl halides is 3. The van der Waals surface area contributed by atoms with Crippen molar-refractivity contribution in [2.45, 2.75) is 68.1 Å². The summed E-state index contributed by atoms with van der Waals surface area (Å²) >= 11 is 0.910. The van der Waals surface area contributed by atoms with Gasteiger partial charge in [0.25, 0.3) is 0 Å². The Labute approximate surface area is 255 Å². The van der Waals surface area contributed by atoms with Crippen LogP contribution in [0.2, 0.25) is 0 Å². The maximum atomic E-state index is 14.0. The summed E-state index contributed by atoms with van der Waals surface area (Å²) in [5, 5.41) is 17.6. The molecule has 1 saturated heterocycles. The molecule has 3 aromatic rings. The molecular formula is C27H25F6N3O8S. The first-order valence-electron chi connectivity index (χ1n) is 13.0. The van der Waals surface area contributed by atoms with Gasteiger partial charge in [-0.1, -0.05) is 17.0 Å². The van der Waals surface area contributed by atoms with Crippen molar-refractivity contribution in [3.05, 3.63) is 60.0 Å². The van der Waals surface area contributed by atoms with Crippen LogP contribution in [0.3, 0.4) is 0 Å². The van der Waals surface area contributed by atoms with E-state index in [-0.39, 0.29) is 17.9 Å². The number of aliphatic hydroxyl groups is 1. The van der Waals surface area contributed by atoms with E-state index >= 15 is 0 Å². The number of nitrogens with zero attached hydrogens (tertiary/aromatic N) is 3. The second-order valence-corrected chi connectivity index (χ2v) is 10.8. The van der Waals surface area contributed by atoms with Gasteiger partial charge in [-0.3, -0.25) is 9.59 Å². The minimum Gasteiger partial charge on any atom is -0.457 e. The minimum absolute atomic E-state index is 0.135. The van der Waals surface area contributed by atoms with E-state index in [4.69, 9.17) is 18.9 Å². The van der Waals surface area contributed by atoms with Crippen LogP contribution in [0.25, 0.3) is 11.3 Å². The molecule has 0 bridgehead atoms. The van der Waals surface area contributed by atoms with Crippen molar-refractivity contribution in [2.75, 3.05) is 6.61 Å². The fourth-order valence-corrected chi connectivity index (χ4v) is 5.54. The van der Waals surface area contributed by atoms with E-state index in [1.807, 2.05) is 0 Å². The molecular weight excluding hydrogens is 640 g/mol. The summed E-state index contributed by atoms with van der Waals surface area (Å²) in [7, 11) is 0. The number of hydrogen-bond acceptors (Lipinski definition) is 11. The Hall–Kier alpha value is -3.87. The van der Waals surface area contributed by atoms with E-state index in [0.717, 1.165) is 42.4 Å². The third kappa shape index (κ3) is 8.86. The lowest BCUT2D eigenvalue weighted by atomic mass is 9.96. The van der Waals surface area contributed by atoms with Gasteiger partial charge in [-0.2, -0.15) is 0 Å². The van der Waals surface area contributed by atoms with Gasteiger partial charge in [-0.05, 0) is 43.3 Å². The number of ether oxygens (including phenoxy) is 5. The van der Waals surface area contributed by atoms with Crippen molar-refractivity contribution >= 4 is 23.7 Å². The van der Waals surface area contributed by atoms with Crippen molar-refractivity contribution in [1.82, 2.24) is 15.0 Å². The van der Waals surface area contributed by atoms with Crippen molar-refractivity contribution < 1.29 is 64.7 Å². The number of esters is 2. The molecule has 6 atom stereocenters. The molecule has 1 aromatic heterocycles. The van der Waals surface area contributed by atoms with Gasteiger partial charge >= 0.3 is 18.3 Å². The fourth-order valence-electron chi connectivity index (χ4n) is 4.43. The third-order valence-electron chi connectivity index (χ3n) is 6.13. The first kappa shape index (κ1) is 34.0. The predicted octanol–water partition coefficient (Wildman–Crippen LogP) is 4.54. The molecule has 1 aliphatic rings. The van der Waals surface area contributed by atoms with Crippen LogP contribution < -0.4 is 4.74 Å². The standard InChI is InChI=1S/C27H25F6N3O8S/c1-12(37)40-11-21-24(41-13(2)38)23(36-10-20(34-35-36)15-8-18(28)22(30)19(29)9-15)25(42-14(3)39)26(43-21)45-17-6-4-16(5-7-17)44-27(31,32)33/h4-10,12,21,23-26,37H,11H2,1-3H3/t12?,21?,23?,24-,25?,26+/m0/s1. The summed E-state index contributed by atoms with van der Waals surface area (Å²) in [6.07, 6.45) is -8.86. The summed E-state index contributed by atoms with van der Waals surface area (Å²) in [4.78, 5) is 24.8. The highest BCUT2D eigenvalue weighted by atomic mass is 32.2. The average Bonchev–Trinajstić information content (AvgIpc) is 3.41. The molecule has 4 rings (SSSR count). The van der Waals surface area contributed by atoms with E-state index in [2.05, 4.69) is 15.0 Å². The third-order valence-corrected chi connectivity index (χ3v) is 7.28. The van der Waals surface area contributed by atoms with Crippen molar-refractivity contribution in [2.24, 2.45) is 0 Å². The van der Waals surface area contributed by atoms with Gasteiger partial charge in [0.05, 0.1) is 12.8 Å². The van der Waals surface area contributed by atoms with E-state index in [1.165, 1.54) is 25.3 Å². The van der Waals surface area contributed by atoms with Gasteiger partial charge in [0.15, 0.2) is 35.9 Å². The normalized spacial score (nSPS) is 22.5. The van der Waals surface area contributed by atoms with E-state index < -0.39 is 77.6 Å². The molecule has 0 saturated carbocycles. The van der Waals surface area contributed by atoms with Crippen molar-refractivity contribution in [3.63, 3.8) is 0 Å². The van der Waals surface area contributed by atoms with Crippen molar-refractivity contribution in [3.8, 4) is 17.0 Å². The van der Waals surface area contributed by atoms with Gasteiger partial charge in [0.2, 0.25) is 0 Å². The highest BCUT2D eigenvalue weighted by molar-refractivity contribution is 7.99. The van der Waals surface area contributed by atoms with Gasteiger partial charge in [-0.15, -0.1) is 18.3 Å². The lowest BCUT2D eigenvalue weighted by molar-refractivity contribution is -0.274. The number of halogens is 6. The Kier molecular flexibility index (Phi) is 10.6. The highest BCUT2D eigenvalue weighted by Crippen LogP contribution is 2.42. The van der Waals surface area contributed by atoms with Crippen LogP contribution in [0.15, 0.2) is 47.5 Å². The summed E-state index contributed by atoms with van der Waals surface area (Å²) in [6.45, 7) is 3.11. The number of hydrogen-bond donors (Lipinski definition) is 1. The van der Waals surface area contributed by atoms with Crippen molar-refractivity contribution in [1.29, 1.82) is 0 Å². The highest BCUT2D eigenvalue weighted by Gasteiger charge is 2.52. The number of aromatic nitrogens is 3. The van der Waals surface area contributed by atoms with Crippen LogP contribution in [0.1, 0.15) is 26.8 Å². The molecule has 2 aromatic carbocycles. The van der Waals surface area contributed by atoms with Crippen LogP contribution >= 0.6 is 11.8 Å². The van der Waals surface area contributed by atoms with E-state index in [0.29, 0.717) is 17.0 Å². The smallest absolute Gasteiger partial charge is 0.457 e. The molecule has 45 heavy (non-hydrogen) atoms. The Morgan fingerprint density at radius 1 is 1.04 bits per heavy atom. The first-order valence-corrected chi connectivity index (χ1v) is 13.9. The SMILES string of the molecule is CC(=O)OC1C(n2cc(-c3cc(F)c(F)c(F)c3)nn2)[C@@H](OC(C)=O)C(COC(C)O)O[C@@H]1Sc1ccc(OC(F)(F)F)cc1. The van der Waals surface area contributed by atoms with Gasteiger partial charge < -0.3 is 28.8 Å². The monoisotopic (exact) mass is 665 g/mol. The Bertz CT molecular complexity index is 1480. The Balaban J connectivity index is 1.77. The van der Waals surface area contributed by atoms with E-state index in [9.17, 15) is 41.0 Å². The van der Waals surface area contributed by atoms with Gasteiger partial charge in [0, 0.05) is 24.3 Å². The Morgan fingerprint density at radius 3 is 2.20 bits per heavy atom. The Morgan fingerprint density at radius 2 is 1.64 bits per heavy atom. The maximum absolute atomic E-state index is 14.0. The largest absolute Gasteiger partial charge is 0.573 e. The maximum Gasteiger partial charge on any atom is 0.573 e. The number of carbonyl (C=O) groups is 2. The van der Waals surface area contributed by atoms with Crippen LogP contribution in [0.5, 0.6) is 5.75 Å². The fraction of sp³-hybridized carbons (Fsp3) is 0.407. The van der Waals surface area contributed by atoms with Gasteiger partial charge in [-0.25, -0.2) is 17.9 Å². The zero-order valence-electron chi connectivity index (χ0n) is 23.5. The second-order valence-electron chi connectivity index (χ2n) is 9.59. The van der Waals surface area contributed by atoms with Crippen LogP contribution in [-0.4, -0.2) is 75.0 Å². The molecule has 18 heteroatoms. The molecule has 0 radical (unpaired) electrons. The molecule has 1 fully saturated rings. The lowest BCUT2D eigenvalue weighted by Gasteiger charge is -2.45. The number of carbonyl (C=O) groups excluding carboxylic acids is 2. The molecule has 0 aliphatic carbocycles. The zero-order chi connectivity index (χ0) is 33.1. The molecule has 0 spiro atoms. The van der Waals surface area contributed by atoms with Crippen LogP contribution in [-0.2, 0) is 28.5 Å². The lowest BCUT2D eigenvalue weighted by Crippen LogP contribution is -2.57. The summed E-state index contributed by atoms with van der Waals surface area (Å²) < 4.78 is 107. The quantitative estimate of drug-likeness (QED) is 0.142. The topological polar surface area (TPSA) is 131 Å².